The second kappa shape index (κ2) is 13.1. The van der Waals surface area contributed by atoms with E-state index in [9.17, 15) is 14.4 Å². The van der Waals surface area contributed by atoms with Crippen molar-refractivity contribution in [3.8, 4) is 0 Å². The Balaban J connectivity index is 4.31. The Morgan fingerprint density at radius 1 is 1.14 bits per heavy atom. The highest BCUT2D eigenvalue weighted by Gasteiger charge is 2.21. The Hall–Kier alpha value is -1.63. The van der Waals surface area contributed by atoms with Crippen molar-refractivity contribution >= 4 is 17.8 Å². The summed E-state index contributed by atoms with van der Waals surface area (Å²) in [4.78, 5) is 34.9. The average molecular weight is 315 g/mol. The summed E-state index contributed by atoms with van der Waals surface area (Å²) in [5.74, 6) is -0.938. The molecule has 0 aliphatic rings. The van der Waals surface area contributed by atoms with Gasteiger partial charge in [-0.1, -0.05) is 26.2 Å². The molecule has 128 valence electrons. The van der Waals surface area contributed by atoms with Gasteiger partial charge in [0.05, 0.1) is 13.7 Å². The number of likely N-dealkylation sites (N-methyl/N-ethyl adjacent to an activating group) is 1. The van der Waals surface area contributed by atoms with Crippen molar-refractivity contribution in [3.05, 3.63) is 0 Å². The van der Waals surface area contributed by atoms with E-state index < -0.39 is 12.0 Å². The van der Waals surface area contributed by atoms with Crippen molar-refractivity contribution < 1.29 is 19.1 Å². The Morgan fingerprint density at radius 2 is 1.86 bits per heavy atom. The molecule has 0 aromatic heterocycles. The quantitative estimate of drug-likeness (QED) is 0.356. The maximum absolute atomic E-state index is 12.1. The summed E-state index contributed by atoms with van der Waals surface area (Å²) < 4.78 is 4.56. The van der Waals surface area contributed by atoms with Gasteiger partial charge in [0.1, 0.15) is 6.04 Å². The summed E-state index contributed by atoms with van der Waals surface area (Å²) >= 11 is 0. The normalized spacial score (nSPS) is 11.6. The Bertz CT molecular complexity index is 348. The Kier molecular flexibility index (Phi) is 12.1. The molecule has 0 saturated heterocycles. The number of rotatable bonds is 12. The zero-order valence-electron chi connectivity index (χ0n) is 13.9. The number of esters is 1. The van der Waals surface area contributed by atoms with Crippen molar-refractivity contribution in [2.24, 2.45) is 0 Å². The predicted octanol–water partition coefficient (Wildman–Crippen LogP) is 0.340. The van der Waals surface area contributed by atoms with Gasteiger partial charge in [0.25, 0.3) is 0 Å². The van der Waals surface area contributed by atoms with Gasteiger partial charge in [-0.05, 0) is 19.9 Å². The van der Waals surface area contributed by atoms with Gasteiger partial charge in [-0.3, -0.25) is 14.4 Å². The fraction of sp³-hybridized carbons (Fsp3) is 0.800. The first-order chi connectivity index (χ1) is 10.5. The molecule has 0 heterocycles. The Labute approximate surface area is 132 Å². The average Bonchev–Trinajstić information content (AvgIpc) is 2.50. The standard InChI is InChI=1S/C15H29N3O4/c1-4-5-6-7-10-17-15(21)12(8-9-14(20)22-3)18-13(19)11-16-2/h12,16H,4-11H2,1-3H3,(H,17,21)(H,18,19). The molecule has 0 spiro atoms. The zero-order valence-corrected chi connectivity index (χ0v) is 13.9. The van der Waals surface area contributed by atoms with E-state index >= 15 is 0 Å². The van der Waals surface area contributed by atoms with Crippen LogP contribution in [0.2, 0.25) is 0 Å². The van der Waals surface area contributed by atoms with Crippen LogP contribution < -0.4 is 16.0 Å². The van der Waals surface area contributed by atoms with Gasteiger partial charge in [0.15, 0.2) is 0 Å². The maximum atomic E-state index is 12.1. The summed E-state index contributed by atoms with van der Waals surface area (Å²) in [6.45, 7) is 2.83. The third-order valence-corrected chi connectivity index (χ3v) is 3.18. The molecular formula is C15H29N3O4. The van der Waals surface area contributed by atoms with E-state index in [1.165, 1.54) is 7.11 Å². The molecule has 0 rings (SSSR count). The molecule has 1 unspecified atom stereocenters. The van der Waals surface area contributed by atoms with E-state index in [0.29, 0.717) is 6.54 Å². The highest BCUT2D eigenvalue weighted by molar-refractivity contribution is 5.88. The van der Waals surface area contributed by atoms with E-state index in [1.54, 1.807) is 7.05 Å². The van der Waals surface area contributed by atoms with Crippen LogP contribution in [0.1, 0.15) is 45.4 Å². The van der Waals surface area contributed by atoms with Gasteiger partial charge >= 0.3 is 5.97 Å². The molecule has 7 nitrogen and oxygen atoms in total. The first-order valence-corrected chi connectivity index (χ1v) is 7.83. The van der Waals surface area contributed by atoms with Gasteiger partial charge in [-0.15, -0.1) is 0 Å². The third kappa shape index (κ3) is 10.1. The van der Waals surface area contributed by atoms with Crippen molar-refractivity contribution in [2.75, 3.05) is 27.2 Å². The van der Waals surface area contributed by atoms with Crippen molar-refractivity contribution in [2.45, 2.75) is 51.5 Å². The number of hydrogen-bond acceptors (Lipinski definition) is 5. The van der Waals surface area contributed by atoms with Crippen LogP contribution in [0.5, 0.6) is 0 Å². The SMILES string of the molecule is CCCCCCNC(=O)C(CCC(=O)OC)NC(=O)CNC. The van der Waals surface area contributed by atoms with E-state index in [4.69, 9.17) is 0 Å². The number of amides is 2. The minimum Gasteiger partial charge on any atom is -0.469 e. The third-order valence-electron chi connectivity index (χ3n) is 3.18. The number of carbonyl (C=O) groups is 3. The molecule has 22 heavy (non-hydrogen) atoms. The second-order valence-corrected chi connectivity index (χ2v) is 5.12. The molecule has 0 fully saturated rings. The molecule has 3 N–H and O–H groups in total. The molecule has 0 radical (unpaired) electrons. The zero-order chi connectivity index (χ0) is 16.8. The first-order valence-electron chi connectivity index (χ1n) is 7.83. The van der Waals surface area contributed by atoms with Crippen LogP contribution in [-0.2, 0) is 19.1 Å². The van der Waals surface area contributed by atoms with Crippen LogP contribution in [0.15, 0.2) is 0 Å². The monoisotopic (exact) mass is 315 g/mol. The largest absolute Gasteiger partial charge is 0.469 e. The maximum Gasteiger partial charge on any atom is 0.305 e. The van der Waals surface area contributed by atoms with Gasteiger partial charge < -0.3 is 20.7 Å². The van der Waals surface area contributed by atoms with Crippen LogP contribution in [0.3, 0.4) is 0 Å². The number of hydrogen-bond donors (Lipinski definition) is 3. The Morgan fingerprint density at radius 3 is 2.45 bits per heavy atom. The van der Waals surface area contributed by atoms with Gasteiger partial charge in [-0.25, -0.2) is 0 Å². The molecule has 0 aliphatic carbocycles. The van der Waals surface area contributed by atoms with E-state index in [2.05, 4.69) is 27.6 Å². The summed E-state index contributed by atoms with van der Waals surface area (Å²) in [6.07, 6.45) is 4.56. The number of methoxy groups -OCH3 is 1. The molecule has 1 atom stereocenters. The van der Waals surface area contributed by atoms with Crippen LogP contribution >= 0.6 is 0 Å². The highest BCUT2D eigenvalue weighted by Crippen LogP contribution is 2.01. The molecule has 0 saturated carbocycles. The lowest BCUT2D eigenvalue weighted by Crippen LogP contribution is -2.49. The molecular weight excluding hydrogens is 286 g/mol. The number of unbranched alkanes of at least 4 members (excludes halogenated alkanes) is 3. The van der Waals surface area contributed by atoms with Crippen LogP contribution in [0.4, 0.5) is 0 Å². The molecule has 0 aromatic carbocycles. The summed E-state index contributed by atoms with van der Waals surface area (Å²) in [5, 5.41) is 8.15. The fourth-order valence-corrected chi connectivity index (χ4v) is 1.93. The van der Waals surface area contributed by atoms with Crippen molar-refractivity contribution in [3.63, 3.8) is 0 Å². The van der Waals surface area contributed by atoms with Gasteiger partial charge in [-0.2, -0.15) is 0 Å². The minimum atomic E-state index is -0.717. The minimum absolute atomic E-state index is 0.0876. The lowest BCUT2D eigenvalue weighted by atomic mass is 10.1. The first kappa shape index (κ1) is 20.4. The van der Waals surface area contributed by atoms with E-state index in [-0.39, 0.29) is 31.2 Å². The number of nitrogens with one attached hydrogen (secondary N) is 3. The molecule has 0 aromatic rings. The molecule has 2 amide bonds. The molecule has 0 aliphatic heterocycles. The predicted molar refractivity (Wildman–Crippen MR) is 84.3 cm³/mol. The smallest absolute Gasteiger partial charge is 0.305 e. The van der Waals surface area contributed by atoms with Crippen LogP contribution in [-0.4, -0.2) is 51.1 Å². The lowest BCUT2D eigenvalue weighted by molar-refractivity contribution is -0.141. The number of ether oxygens (including phenoxy) is 1. The lowest BCUT2D eigenvalue weighted by Gasteiger charge is -2.18. The summed E-state index contributed by atoms with van der Waals surface area (Å²) in [7, 11) is 2.95. The summed E-state index contributed by atoms with van der Waals surface area (Å²) in [5.41, 5.74) is 0. The number of carbonyl (C=O) groups excluding carboxylic acids is 3. The summed E-state index contributed by atoms with van der Waals surface area (Å²) in [6, 6.07) is -0.717. The van der Waals surface area contributed by atoms with Crippen LogP contribution in [0, 0.1) is 0 Å². The molecule has 7 heteroatoms. The second-order valence-electron chi connectivity index (χ2n) is 5.12. The van der Waals surface area contributed by atoms with E-state index in [1.807, 2.05) is 0 Å². The van der Waals surface area contributed by atoms with Crippen molar-refractivity contribution in [1.29, 1.82) is 0 Å². The highest BCUT2D eigenvalue weighted by atomic mass is 16.5. The van der Waals surface area contributed by atoms with E-state index in [0.717, 1.165) is 25.7 Å². The fourth-order valence-electron chi connectivity index (χ4n) is 1.93. The topological polar surface area (TPSA) is 96.5 Å². The van der Waals surface area contributed by atoms with Crippen molar-refractivity contribution in [1.82, 2.24) is 16.0 Å². The van der Waals surface area contributed by atoms with Gasteiger partial charge in [0, 0.05) is 13.0 Å². The molecule has 0 bridgehead atoms. The van der Waals surface area contributed by atoms with Gasteiger partial charge in [0.2, 0.25) is 11.8 Å². The van der Waals surface area contributed by atoms with Crippen LogP contribution in [0.25, 0.3) is 0 Å².